The third-order valence-corrected chi connectivity index (χ3v) is 2.53. The number of aromatic nitrogens is 1. The highest BCUT2D eigenvalue weighted by Gasteiger charge is 2.09. The third kappa shape index (κ3) is 2.76. The van der Waals surface area contributed by atoms with E-state index in [0.717, 1.165) is 0 Å². The van der Waals surface area contributed by atoms with Crippen molar-refractivity contribution in [3.63, 3.8) is 0 Å². The van der Waals surface area contributed by atoms with Crippen LogP contribution in [0.15, 0.2) is 35.1 Å². The van der Waals surface area contributed by atoms with E-state index in [0.29, 0.717) is 30.1 Å². The van der Waals surface area contributed by atoms with E-state index in [-0.39, 0.29) is 5.82 Å². The Bertz CT molecular complexity index is 558. The largest absolute Gasteiger partial charge is 0.445 e. The van der Waals surface area contributed by atoms with Crippen molar-refractivity contribution in [1.82, 2.24) is 9.88 Å². The molecule has 0 spiro atoms. The van der Waals surface area contributed by atoms with Crippen molar-refractivity contribution >= 4 is 0 Å². The van der Waals surface area contributed by atoms with Crippen LogP contribution in [-0.4, -0.2) is 23.5 Å². The zero-order valence-electron chi connectivity index (χ0n) is 10.1. The number of benzene rings is 1. The second-order valence-electron chi connectivity index (χ2n) is 4.02. The first-order chi connectivity index (χ1) is 8.70. The van der Waals surface area contributed by atoms with E-state index in [1.807, 2.05) is 11.9 Å². The van der Waals surface area contributed by atoms with Crippen molar-refractivity contribution in [3.05, 3.63) is 42.0 Å². The number of hydrogen-bond donors (Lipinski definition) is 0. The standard InChI is InChI=1S/C14H13FN2O/c1-3-7-17(2)10-12-5-4-11(9-13(12)15)14-16-6-8-18-14/h1,4-6,8-9H,7,10H2,2H3. The lowest BCUT2D eigenvalue weighted by Crippen LogP contribution is -2.18. The van der Waals surface area contributed by atoms with Crippen LogP contribution in [0.5, 0.6) is 0 Å². The van der Waals surface area contributed by atoms with E-state index in [9.17, 15) is 4.39 Å². The number of hydrogen-bond acceptors (Lipinski definition) is 3. The Balaban J connectivity index is 2.18. The quantitative estimate of drug-likeness (QED) is 0.774. The average molecular weight is 244 g/mol. The monoisotopic (exact) mass is 244 g/mol. The molecule has 0 atom stereocenters. The highest BCUT2D eigenvalue weighted by atomic mass is 19.1. The molecule has 18 heavy (non-hydrogen) atoms. The molecule has 0 amide bonds. The van der Waals surface area contributed by atoms with Crippen molar-refractivity contribution in [1.29, 1.82) is 0 Å². The summed E-state index contributed by atoms with van der Waals surface area (Å²) in [6.07, 6.45) is 8.19. The number of halogens is 1. The van der Waals surface area contributed by atoms with E-state index in [1.165, 1.54) is 18.5 Å². The van der Waals surface area contributed by atoms with Gasteiger partial charge in [0.2, 0.25) is 5.89 Å². The maximum atomic E-state index is 13.9. The van der Waals surface area contributed by atoms with Gasteiger partial charge in [0.05, 0.1) is 12.7 Å². The zero-order chi connectivity index (χ0) is 13.0. The van der Waals surface area contributed by atoms with Crippen molar-refractivity contribution in [2.75, 3.05) is 13.6 Å². The molecule has 92 valence electrons. The summed E-state index contributed by atoms with van der Waals surface area (Å²) < 4.78 is 19.0. The van der Waals surface area contributed by atoms with E-state index in [2.05, 4.69) is 10.9 Å². The number of terminal acetylenes is 1. The fourth-order valence-corrected chi connectivity index (χ4v) is 1.68. The zero-order valence-corrected chi connectivity index (χ0v) is 10.1. The summed E-state index contributed by atoms with van der Waals surface area (Å²) in [7, 11) is 1.85. The van der Waals surface area contributed by atoms with Crippen LogP contribution in [0.1, 0.15) is 5.56 Å². The van der Waals surface area contributed by atoms with Gasteiger partial charge in [-0.3, -0.25) is 4.90 Å². The van der Waals surface area contributed by atoms with Crippen molar-refractivity contribution in [2.24, 2.45) is 0 Å². The van der Waals surface area contributed by atoms with Gasteiger partial charge in [-0.2, -0.15) is 0 Å². The van der Waals surface area contributed by atoms with Gasteiger partial charge in [-0.15, -0.1) is 6.42 Å². The van der Waals surface area contributed by atoms with E-state index >= 15 is 0 Å². The van der Waals surface area contributed by atoms with Gasteiger partial charge >= 0.3 is 0 Å². The van der Waals surface area contributed by atoms with Crippen LogP contribution in [0.25, 0.3) is 11.5 Å². The minimum atomic E-state index is -0.283. The van der Waals surface area contributed by atoms with Crippen LogP contribution in [0.3, 0.4) is 0 Å². The molecule has 1 aromatic carbocycles. The summed E-state index contributed by atoms with van der Waals surface area (Å²) in [5, 5.41) is 0. The Labute approximate surface area is 105 Å². The van der Waals surface area contributed by atoms with Gasteiger partial charge in [0.15, 0.2) is 0 Å². The van der Waals surface area contributed by atoms with E-state index in [4.69, 9.17) is 10.8 Å². The molecule has 0 unspecified atom stereocenters. The first-order valence-corrected chi connectivity index (χ1v) is 5.51. The number of nitrogens with zero attached hydrogens (tertiary/aromatic N) is 2. The van der Waals surface area contributed by atoms with Crippen molar-refractivity contribution in [2.45, 2.75) is 6.54 Å². The summed E-state index contributed by atoms with van der Waals surface area (Å²) in [4.78, 5) is 5.84. The SMILES string of the molecule is C#CCN(C)Cc1ccc(-c2ncco2)cc1F. The van der Waals surface area contributed by atoms with Crippen LogP contribution >= 0.6 is 0 Å². The smallest absolute Gasteiger partial charge is 0.225 e. The van der Waals surface area contributed by atoms with Gasteiger partial charge in [0.1, 0.15) is 12.1 Å². The normalized spacial score (nSPS) is 10.6. The molecule has 0 fully saturated rings. The number of rotatable bonds is 4. The van der Waals surface area contributed by atoms with Gasteiger partial charge in [-0.1, -0.05) is 12.0 Å². The van der Waals surface area contributed by atoms with Crippen LogP contribution in [0.4, 0.5) is 4.39 Å². The Morgan fingerprint density at radius 2 is 2.33 bits per heavy atom. The molecule has 0 N–H and O–H groups in total. The molecule has 0 aliphatic heterocycles. The van der Waals surface area contributed by atoms with Crippen molar-refractivity contribution < 1.29 is 8.81 Å². The van der Waals surface area contributed by atoms with E-state index in [1.54, 1.807) is 12.1 Å². The van der Waals surface area contributed by atoms with Gasteiger partial charge in [0, 0.05) is 17.7 Å². The summed E-state index contributed by atoms with van der Waals surface area (Å²) >= 11 is 0. The summed E-state index contributed by atoms with van der Waals surface area (Å²) in [5.74, 6) is 2.65. The molecular weight excluding hydrogens is 231 g/mol. The molecule has 0 aliphatic carbocycles. The average Bonchev–Trinajstić information content (AvgIpc) is 2.85. The summed E-state index contributed by atoms with van der Waals surface area (Å²) in [5.41, 5.74) is 1.23. The van der Waals surface area contributed by atoms with Crippen LogP contribution in [0, 0.1) is 18.2 Å². The first kappa shape index (κ1) is 12.3. The minimum absolute atomic E-state index is 0.283. The molecule has 2 aromatic rings. The highest BCUT2D eigenvalue weighted by molar-refractivity contribution is 5.53. The van der Waals surface area contributed by atoms with Gasteiger partial charge in [0.25, 0.3) is 0 Å². The predicted octanol–water partition coefficient (Wildman–Crippen LogP) is 2.55. The predicted molar refractivity (Wildman–Crippen MR) is 67.1 cm³/mol. The topological polar surface area (TPSA) is 29.3 Å². The summed E-state index contributed by atoms with van der Waals surface area (Å²) in [6.45, 7) is 0.961. The molecule has 2 rings (SSSR count). The highest BCUT2D eigenvalue weighted by Crippen LogP contribution is 2.20. The minimum Gasteiger partial charge on any atom is -0.445 e. The molecule has 3 nitrogen and oxygen atoms in total. The second kappa shape index (κ2) is 5.48. The van der Waals surface area contributed by atoms with Gasteiger partial charge in [-0.25, -0.2) is 9.37 Å². The van der Waals surface area contributed by atoms with Crippen LogP contribution in [0.2, 0.25) is 0 Å². The molecular formula is C14H13FN2O. The lowest BCUT2D eigenvalue weighted by Gasteiger charge is -2.13. The molecule has 4 heteroatoms. The second-order valence-corrected chi connectivity index (χ2v) is 4.02. The Morgan fingerprint density at radius 3 is 2.94 bits per heavy atom. The Kier molecular flexibility index (Phi) is 3.75. The molecule has 1 aromatic heterocycles. The maximum absolute atomic E-state index is 13.9. The number of oxazole rings is 1. The Hall–Kier alpha value is -2.12. The maximum Gasteiger partial charge on any atom is 0.225 e. The van der Waals surface area contributed by atoms with E-state index < -0.39 is 0 Å². The lowest BCUT2D eigenvalue weighted by atomic mass is 10.1. The van der Waals surface area contributed by atoms with Crippen LogP contribution in [-0.2, 0) is 6.54 Å². The molecule has 1 heterocycles. The Morgan fingerprint density at radius 1 is 1.50 bits per heavy atom. The van der Waals surface area contributed by atoms with Gasteiger partial charge in [-0.05, 0) is 19.2 Å². The van der Waals surface area contributed by atoms with Gasteiger partial charge < -0.3 is 4.42 Å². The fraction of sp³-hybridized carbons (Fsp3) is 0.214. The third-order valence-electron chi connectivity index (χ3n) is 2.53. The first-order valence-electron chi connectivity index (χ1n) is 5.51. The van der Waals surface area contributed by atoms with Crippen molar-refractivity contribution in [3.8, 4) is 23.8 Å². The molecule has 0 aliphatic rings. The molecule has 0 saturated heterocycles. The molecule has 0 radical (unpaired) electrons. The van der Waals surface area contributed by atoms with Crippen LogP contribution < -0.4 is 0 Å². The fourth-order valence-electron chi connectivity index (χ4n) is 1.68. The summed E-state index contributed by atoms with van der Waals surface area (Å²) in [6, 6.07) is 4.93. The molecule has 0 bridgehead atoms. The molecule has 0 saturated carbocycles. The lowest BCUT2D eigenvalue weighted by molar-refractivity contribution is 0.361.